The lowest BCUT2D eigenvalue weighted by atomic mass is 9.98. The summed E-state index contributed by atoms with van der Waals surface area (Å²) in [5.41, 5.74) is 3.43. The zero-order valence-corrected chi connectivity index (χ0v) is 14.1. The van der Waals surface area contributed by atoms with Crippen molar-refractivity contribution in [3.8, 4) is 0 Å². The average molecular weight is 326 g/mol. The highest BCUT2D eigenvalue weighted by molar-refractivity contribution is 5.94. The van der Waals surface area contributed by atoms with Gasteiger partial charge in [0.2, 0.25) is 0 Å². The number of urea groups is 1. The van der Waals surface area contributed by atoms with Crippen LogP contribution >= 0.6 is 0 Å². The molecule has 3 amide bonds. The highest BCUT2D eigenvalue weighted by Gasteiger charge is 2.19. The summed E-state index contributed by atoms with van der Waals surface area (Å²) in [5.74, 6) is -0.311. The van der Waals surface area contributed by atoms with Gasteiger partial charge in [-0.25, -0.2) is 4.79 Å². The number of carbonyl (C=O) groups is 2. The maximum atomic E-state index is 11.9. The first-order valence-electron chi connectivity index (χ1n) is 8.12. The molecule has 0 saturated carbocycles. The van der Waals surface area contributed by atoms with Gasteiger partial charge in [0.25, 0.3) is 5.91 Å². The molecule has 5 nitrogen and oxygen atoms in total. The zero-order valence-electron chi connectivity index (χ0n) is 14.1. The smallest absolute Gasteiger partial charge is 0.321 e. The number of quaternary nitrogens is 1. The van der Waals surface area contributed by atoms with E-state index in [-0.39, 0.29) is 18.5 Å². The second-order valence-corrected chi connectivity index (χ2v) is 5.65. The third kappa shape index (κ3) is 5.21. The molecule has 1 atom stereocenters. The van der Waals surface area contributed by atoms with E-state index in [4.69, 9.17) is 0 Å². The minimum Gasteiger partial charge on any atom is -0.338 e. The van der Waals surface area contributed by atoms with Gasteiger partial charge in [-0.2, -0.15) is 0 Å². The predicted molar refractivity (Wildman–Crippen MR) is 93.5 cm³/mol. The second kappa shape index (κ2) is 8.84. The molecular formula is C19H24N3O2+. The van der Waals surface area contributed by atoms with E-state index < -0.39 is 6.03 Å². The van der Waals surface area contributed by atoms with Crippen LogP contribution in [0.2, 0.25) is 0 Å². The van der Waals surface area contributed by atoms with Crippen LogP contribution in [-0.4, -0.2) is 25.0 Å². The van der Waals surface area contributed by atoms with Gasteiger partial charge in [0.15, 0.2) is 6.54 Å². The Morgan fingerprint density at radius 3 is 2.25 bits per heavy atom. The first-order valence-corrected chi connectivity index (χ1v) is 8.12. The van der Waals surface area contributed by atoms with E-state index >= 15 is 0 Å². The van der Waals surface area contributed by atoms with E-state index in [9.17, 15) is 9.59 Å². The first-order chi connectivity index (χ1) is 11.6. The van der Waals surface area contributed by atoms with Crippen molar-refractivity contribution in [3.05, 3.63) is 71.3 Å². The minimum atomic E-state index is -0.456. The van der Waals surface area contributed by atoms with Crippen molar-refractivity contribution in [2.75, 3.05) is 13.1 Å². The van der Waals surface area contributed by atoms with Crippen molar-refractivity contribution < 1.29 is 14.9 Å². The molecule has 2 rings (SSSR count). The predicted octanol–water partition coefficient (Wildman–Crippen LogP) is 1.49. The van der Waals surface area contributed by atoms with Gasteiger partial charge < -0.3 is 10.6 Å². The highest BCUT2D eigenvalue weighted by atomic mass is 16.2. The van der Waals surface area contributed by atoms with Crippen molar-refractivity contribution in [1.82, 2.24) is 10.6 Å². The molecule has 0 aliphatic rings. The molecule has 2 aromatic carbocycles. The zero-order chi connectivity index (χ0) is 17.4. The highest BCUT2D eigenvalue weighted by Crippen LogP contribution is 2.18. The van der Waals surface area contributed by atoms with Crippen LogP contribution in [0.4, 0.5) is 4.79 Å². The van der Waals surface area contributed by atoms with E-state index in [1.165, 1.54) is 5.56 Å². The molecule has 2 aromatic rings. The fourth-order valence-electron chi connectivity index (χ4n) is 2.51. The summed E-state index contributed by atoms with van der Waals surface area (Å²) >= 11 is 0. The summed E-state index contributed by atoms with van der Waals surface area (Å²) in [5, 5.41) is 6.82. The summed E-state index contributed by atoms with van der Waals surface area (Å²) in [4.78, 5) is 23.4. The number of nitrogens with two attached hydrogens (primary N) is 1. The molecule has 4 N–H and O–H groups in total. The molecule has 0 aliphatic heterocycles. The Hall–Kier alpha value is -2.66. The number of imide groups is 1. The van der Waals surface area contributed by atoms with Crippen LogP contribution in [0.15, 0.2) is 54.6 Å². The third-order valence-corrected chi connectivity index (χ3v) is 3.72. The molecule has 24 heavy (non-hydrogen) atoms. The Kier molecular flexibility index (Phi) is 6.51. The molecule has 0 spiro atoms. The van der Waals surface area contributed by atoms with Crippen molar-refractivity contribution in [2.45, 2.75) is 19.9 Å². The molecule has 0 aliphatic carbocycles. The number of hydrogen-bond acceptors (Lipinski definition) is 2. The second-order valence-electron chi connectivity index (χ2n) is 5.65. The van der Waals surface area contributed by atoms with Crippen molar-refractivity contribution in [1.29, 1.82) is 0 Å². The molecule has 126 valence electrons. The Bertz CT molecular complexity index is 669. The van der Waals surface area contributed by atoms with Gasteiger partial charge in [0.05, 0.1) is 0 Å². The monoisotopic (exact) mass is 326 g/mol. The van der Waals surface area contributed by atoms with Crippen LogP contribution in [0, 0.1) is 6.92 Å². The number of carbonyl (C=O) groups excluding carboxylic acids is 2. The standard InChI is InChI=1S/C19H23N3O2/c1-3-20-19(24)22-17(23)13-21-18(15-7-5-4-6-8-15)16-11-9-14(2)10-12-16/h4-12,18,21H,3,13H2,1-2H3,(H2,20,22,23,24)/p+1/t18-/m1/s1. The third-order valence-electron chi connectivity index (χ3n) is 3.72. The van der Waals surface area contributed by atoms with Crippen LogP contribution in [0.3, 0.4) is 0 Å². The van der Waals surface area contributed by atoms with E-state index in [0.717, 1.165) is 11.1 Å². The van der Waals surface area contributed by atoms with Gasteiger partial charge in [0.1, 0.15) is 6.04 Å². The fraction of sp³-hybridized carbons (Fsp3) is 0.263. The molecule has 0 saturated heterocycles. The fourth-order valence-corrected chi connectivity index (χ4v) is 2.51. The lowest BCUT2D eigenvalue weighted by Crippen LogP contribution is -2.88. The lowest BCUT2D eigenvalue weighted by molar-refractivity contribution is -0.676. The van der Waals surface area contributed by atoms with Crippen LogP contribution in [-0.2, 0) is 4.79 Å². The minimum absolute atomic E-state index is 0.00628. The van der Waals surface area contributed by atoms with Gasteiger partial charge in [-0.05, 0) is 13.8 Å². The molecule has 0 bridgehead atoms. The number of rotatable bonds is 6. The summed E-state index contributed by atoms with van der Waals surface area (Å²) < 4.78 is 0. The van der Waals surface area contributed by atoms with E-state index in [2.05, 4.69) is 34.9 Å². The Morgan fingerprint density at radius 2 is 1.62 bits per heavy atom. The van der Waals surface area contributed by atoms with Crippen LogP contribution in [0.1, 0.15) is 29.7 Å². The van der Waals surface area contributed by atoms with Gasteiger partial charge in [0, 0.05) is 17.7 Å². The van der Waals surface area contributed by atoms with Gasteiger partial charge in [-0.1, -0.05) is 60.2 Å². The lowest BCUT2D eigenvalue weighted by Gasteiger charge is -2.16. The molecule has 0 heterocycles. The Labute approximate surface area is 142 Å². The maximum Gasteiger partial charge on any atom is 0.321 e. The molecule has 0 unspecified atom stereocenters. The number of aryl methyl sites for hydroxylation is 1. The summed E-state index contributed by atoms with van der Waals surface area (Å²) in [7, 11) is 0. The Balaban J connectivity index is 2.08. The van der Waals surface area contributed by atoms with E-state index in [1.807, 2.05) is 42.6 Å². The average Bonchev–Trinajstić information content (AvgIpc) is 2.57. The van der Waals surface area contributed by atoms with E-state index in [1.54, 1.807) is 6.92 Å². The van der Waals surface area contributed by atoms with Gasteiger partial charge in [-0.3, -0.25) is 10.1 Å². The maximum absolute atomic E-state index is 11.9. The SMILES string of the molecule is CCNC(=O)NC(=O)C[NH2+][C@H](c1ccccc1)c1ccc(C)cc1. The van der Waals surface area contributed by atoms with Gasteiger partial charge >= 0.3 is 6.03 Å². The van der Waals surface area contributed by atoms with Crippen LogP contribution in [0.5, 0.6) is 0 Å². The molecule has 5 heteroatoms. The summed E-state index contributed by atoms with van der Waals surface area (Å²) in [6, 6.07) is 17.9. The van der Waals surface area contributed by atoms with Gasteiger partial charge in [-0.15, -0.1) is 0 Å². The number of hydrogen-bond donors (Lipinski definition) is 3. The summed E-state index contributed by atoms with van der Waals surface area (Å²) in [6.07, 6.45) is 0. The van der Waals surface area contributed by atoms with Crippen molar-refractivity contribution in [3.63, 3.8) is 0 Å². The first kappa shape index (κ1) is 17.7. The molecule has 0 radical (unpaired) electrons. The molecular weight excluding hydrogens is 302 g/mol. The van der Waals surface area contributed by atoms with Crippen LogP contribution in [0.25, 0.3) is 0 Å². The number of amides is 3. The van der Waals surface area contributed by atoms with Crippen LogP contribution < -0.4 is 16.0 Å². The molecule has 0 aromatic heterocycles. The Morgan fingerprint density at radius 1 is 1.00 bits per heavy atom. The molecule has 0 fully saturated rings. The quantitative estimate of drug-likeness (QED) is 0.752. The van der Waals surface area contributed by atoms with Crippen molar-refractivity contribution in [2.24, 2.45) is 0 Å². The van der Waals surface area contributed by atoms with E-state index in [0.29, 0.717) is 6.54 Å². The summed E-state index contributed by atoms with van der Waals surface area (Å²) in [6.45, 7) is 4.51. The number of nitrogens with one attached hydrogen (secondary N) is 2. The normalized spacial score (nSPS) is 11.6. The topological polar surface area (TPSA) is 74.8 Å². The number of benzene rings is 2. The van der Waals surface area contributed by atoms with Crippen molar-refractivity contribution >= 4 is 11.9 Å². The largest absolute Gasteiger partial charge is 0.338 e.